The Balaban J connectivity index is 1.94. The number of cyclic esters (lactones) is 1. The Morgan fingerprint density at radius 2 is 1.68 bits per heavy atom. The molecule has 0 aromatic heterocycles. The first-order valence-electron chi connectivity index (χ1n) is 13.2. The zero-order chi connectivity index (χ0) is 27.3. The van der Waals surface area contributed by atoms with Crippen LogP contribution in [0.5, 0.6) is 0 Å². The lowest BCUT2D eigenvalue weighted by Crippen LogP contribution is -2.33. The van der Waals surface area contributed by atoms with Crippen molar-refractivity contribution >= 4 is 11.8 Å². The summed E-state index contributed by atoms with van der Waals surface area (Å²) in [5.41, 5.74) is 1.74. The number of hydrogen-bond donors (Lipinski definition) is 1. The molecule has 204 valence electrons. The average Bonchev–Trinajstić information content (AvgIpc) is 3.42. The van der Waals surface area contributed by atoms with Gasteiger partial charge in [-0.2, -0.15) is 0 Å². The highest BCUT2D eigenvalue weighted by molar-refractivity contribution is 5.99. The molecule has 0 saturated carbocycles. The molecule has 3 rings (SSSR count). The van der Waals surface area contributed by atoms with Crippen LogP contribution >= 0.6 is 0 Å². The number of fused-ring (bicyclic) bond motifs is 2. The normalized spacial score (nSPS) is 38.3. The molecule has 3 aliphatic heterocycles. The third-order valence-corrected chi connectivity index (χ3v) is 7.48. The van der Waals surface area contributed by atoms with Crippen LogP contribution < -0.4 is 0 Å². The fourth-order valence-electron chi connectivity index (χ4n) is 4.73. The first-order chi connectivity index (χ1) is 17.5. The summed E-state index contributed by atoms with van der Waals surface area (Å²) >= 11 is 0. The van der Waals surface area contributed by atoms with Crippen LogP contribution in [0.2, 0.25) is 0 Å². The zero-order valence-corrected chi connectivity index (χ0v) is 23.0. The fraction of sp³-hybridized carbons (Fsp3) is 0.600. The Morgan fingerprint density at radius 3 is 2.32 bits per heavy atom. The molecule has 0 aromatic carbocycles. The molecule has 7 nitrogen and oxygen atoms in total. The second-order valence-corrected chi connectivity index (χ2v) is 10.5. The monoisotopic (exact) mass is 514 g/mol. The van der Waals surface area contributed by atoms with E-state index in [2.05, 4.69) is 0 Å². The van der Waals surface area contributed by atoms with E-state index >= 15 is 0 Å². The summed E-state index contributed by atoms with van der Waals surface area (Å²) in [6, 6.07) is 0. The Bertz CT molecular complexity index is 988. The van der Waals surface area contributed by atoms with Crippen molar-refractivity contribution in [2.24, 2.45) is 11.8 Å². The summed E-state index contributed by atoms with van der Waals surface area (Å²) in [5.74, 6) is -1.20. The third kappa shape index (κ3) is 7.84. The van der Waals surface area contributed by atoms with E-state index in [1.165, 1.54) is 0 Å². The van der Waals surface area contributed by atoms with Crippen LogP contribution in [0.4, 0.5) is 0 Å². The van der Waals surface area contributed by atoms with Gasteiger partial charge in [-0.1, -0.05) is 50.3 Å². The molecule has 0 spiro atoms. The van der Waals surface area contributed by atoms with Crippen LogP contribution in [0, 0.1) is 11.8 Å². The van der Waals surface area contributed by atoms with Gasteiger partial charge in [0.05, 0.1) is 24.4 Å². The molecule has 0 radical (unpaired) electrons. The van der Waals surface area contributed by atoms with Crippen molar-refractivity contribution in [2.75, 3.05) is 7.11 Å². The molecule has 2 saturated heterocycles. The van der Waals surface area contributed by atoms with Crippen LogP contribution in [0.25, 0.3) is 0 Å². The third-order valence-electron chi connectivity index (χ3n) is 7.48. The number of aliphatic hydroxyl groups is 1. The quantitative estimate of drug-likeness (QED) is 0.339. The summed E-state index contributed by atoms with van der Waals surface area (Å²) in [6.45, 7) is 11.0. The van der Waals surface area contributed by atoms with Crippen molar-refractivity contribution in [3.63, 3.8) is 0 Å². The maximum Gasteiger partial charge on any atom is 0.334 e. The number of allylic oxidation sites excluding steroid dienone is 4. The number of Topliss-reactive ketones (excluding diaryl/α,β-unsaturated/α-hetero) is 1. The molecule has 37 heavy (non-hydrogen) atoms. The lowest BCUT2D eigenvalue weighted by molar-refractivity contribution is -0.146. The minimum absolute atomic E-state index is 0.0107. The lowest BCUT2D eigenvalue weighted by Gasteiger charge is -2.26. The average molecular weight is 515 g/mol. The molecule has 1 N–H and O–H groups in total. The summed E-state index contributed by atoms with van der Waals surface area (Å²) in [7, 11) is 1.66. The topological polar surface area (TPSA) is 94.6 Å². The highest BCUT2D eigenvalue weighted by Gasteiger charge is 2.41. The molecule has 3 heterocycles. The summed E-state index contributed by atoms with van der Waals surface area (Å²) < 4.78 is 23.6. The summed E-state index contributed by atoms with van der Waals surface area (Å²) in [4.78, 5) is 25.9. The number of esters is 1. The van der Waals surface area contributed by atoms with Crippen LogP contribution in [0.1, 0.15) is 54.4 Å². The number of methoxy groups -OCH3 is 1. The van der Waals surface area contributed by atoms with E-state index < -0.39 is 24.1 Å². The molecule has 0 unspecified atom stereocenters. The van der Waals surface area contributed by atoms with Gasteiger partial charge in [0.2, 0.25) is 0 Å². The predicted octanol–water partition coefficient (Wildman–Crippen LogP) is 4.42. The van der Waals surface area contributed by atoms with Gasteiger partial charge in [-0.3, -0.25) is 4.79 Å². The van der Waals surface area contributed by atoms with Crippen LogP contribution in [0.3, 0.4) is 0 Å². The number of epoxide rings is 1. The molecule has 7 heteroatoms. The van der Waals surface area contributed by atoms with Gasteiger partial charge in [-0.05, 0) is 51.3 Å². The van der Waals surface area contributed by atoms with E-state index in [1.807, 2.05) is 45.1 Å². The maximum atomic E-state index is 13.1. The molecule has 2 bridgehead atoms. The zero-order valence-electron chi connectivity index (χ0n) is 23.0. The minimum atomic E-state index is -0.679. The number of ether oxygens (including phenoxy) is 4. The Morgan fingerprint density at radius 1 is 1.00 bits per heavy atom. The lowest BCUT2D eigenvalue weighted by atomic mass is 9.93. The number of carbonyl (C=O) groups is 2. The number of ketones is 1. The van der Waals surface area contributed by atoms with Crippen molar-refractivity contribution in [1.82, 2.24) is 0 Å². The molecule has 9 atom stereocenters. The Kier molecular flexibility index (Phi) is 10.2. The standard InChI is InChI=1S/C30H42O7/c1-17-10-8-9-11-23(31)18(2)15-28-27(34-7)16-26(36-28)21(5)24(12-13-25-22(6)35-25)37-30(33)20(4)14-19(3)29(17)32/h8-10,12-15,19,21-28,31H,11,16H2,1-7H3/t19-,21-,22+,23-,24+,25+,26+,27-,28+/m0/s1. The summed E-state index contributed by atoms with van der Waals surface area (Å²) in [5, 5.41) is 10.7. The molecule has 3 aliphatic rings. The number of carbonyl (C=O) groups excluding carboxylic acids is 2. The van der Waals surface area contributed by atoms with Crippen molar-refractivity contribution in [1.29, 1.82) is 0 Å². The van der Waals surface area contributed by atoms with E-state index in [-0.39, 0.29) is 42.2 Å². The number of rotatable bonds is 3. The van der Waals surface area contributed by atoms with E-state index in [1.54, 1.807) is 46.1 Å². The smallest absolute Gasteiger partial charge is 0.334 e. The van der Waals surface area contributed by atoms with Gasteiger partial charge in [0.1, 0.15) is 18.3 Å². The van der Waals surface area contributed by atoms with Crippen LogP contribution in [0.15, 0.2) is 59.3 Å². The number of aliphatic hydroxyl groups excluding tert-OH is 1. The Labute approximate surface area is 220 Å². The van der Waals surface area contributed by atoms with Gasteiger partial charge >= 0.3 is 5.97 Å². The van der Waals surface area contributed by atoms with Gasteiger partial charge in [-0.25, -0.2) is 4.79 Å². The summed E-state index contributed by atoms with van der Waals surface area (Å²) in [6.07, 6.45) is 12.0. The minimum Gasteiger partial charge on any atom is -0.454 e. The number of hydrogen-bond acceptors (Lipinski definition) is 7. The SMILES string of the molecule is CO[C@H]1C[C@H]2O[C@@H]1C=C(C)[C@@H](O)CC=CC=C(C)C(=O)[C@@H](C)C=C(C)C(=O)O[C@H](C=C[C@H]1O[C@@H]1C)[C@@H]2C. The first kappa shape index (κ1) is 29.2. The fourth-order valence-corrected chi connectivity index (χ4v) is 4.73. The molecule has 2 fully saturated rings. The largest absolute Gasteiger partial charge is 0.454 e. The maximum absolute atomic E-state index is 13.1. The highest BCUT2D eigenvalue weighted by Crippen LogP contribution is 2.33. The molecular formula is C30H42O7. The van der Waals surface area contributed by atoms with E-state index in [0.717, 1.165) is 5.57 Å². The van der Waals surface area contributed by atoms with Crippen LogP contribution in [-0.4, -0.2) is 66.7 Å². The second-order valence-electron chi connectivity index (χ2n) is 10.5. The van der Waals surface area contributed by atoms with Gasteiger partial charge < -0.3 is 24.1 Å². The Hall–Kier alpha value is -2.32. The highest BCUT2D eigenvalue weighted by atomic mass is 16.6. The van der Waals surface area contributed by atoms with Gasteiger partial charge in [-0.15, -0.1) is 0 Å². The van der Waals surface area contributed by atoms with Crippen LogP contribution in [-0.2, 0) is 28.5 Å². The molecule has 0 aliphatic carbocycles. The van der Waals surface area contributed by atoms with E-state index in [4.69, 9.17) is 18.9 Å². The van der Waals surface area contributed by atoms with E-state index in [0.29, 0.717) is 24.0 Å². The molecular weight excluding hydrogens is 472 g/mol. The van der Waals surface area contributed by atoms with E-state index in [9.17, 15) is 14.7 Å². The predicted molar refractivity (Wildman–Crippen MR) is 142 cm³/mol. The van der Waals surface area contributed by atoms with Gasteiger partial charge in [0, 0.05) is 30.9 Å². The van der Waals surface area contributed by atoms with Crippen molar-refractivity contribution in [2.45, 2.75) is 97.1 Å². The van der Waals surface area contributed by atoms with Gasteiger partial charge in [0.25, 0.3) is 0 Å². The van der Waals surface area contributed by atoms with Crippen molar-refractivity contribution in [3.8, 4) is 0 Å². The molecule has 0 aromatic rings. The van der Waals surface area contributed by atoms with Crippen molar-refractivity contribution in [3.05, 3.63) is 59.3 Å². The van der Waals surface area contributed by atoms with Crippen molar-refractivity contribution < 1.29 is 33.6 Å². The second kappa shape index (κ2) is 13.0. The first-order valence-corrected chi connectivity index (χ1v) is 13.2. The van der Waals surface area contributed by atoms with Gasteiger partial charge in [0.15, 0.2) is 5.78 Å². The molecule has 0 amide bonds.